The number of hydrogen-bond acceptors (Lipinski definition) is 8. The summed E-state index contributed by atoms with van der Waals surface area (Å²) in [5, 5.41) is 30.5. The van der Waals surface area contributed by atoms with Crippen LogP contribution in [0.25, 0.3) is 32.2 Å². The van der Waals surface area contributed by atoms with Crippen molar-refractivity contribution < 1.29 is 14.6 Å². The summed E-state index contributed by atoms with van der Waals surface area (Å²) in [5.74, 6) is -0.199. The minimum Gasteiger partial charge on any atom is -0.491 e. The van der Waals surface area contributed by atoms with Gasteiger partial charge in [-0.1, -0.05) is 11.6 Å². The number of nitriles is 2. The summed E-state index contributed by atoms with van der Waals surface area (Å²) < 4.78 is 8.17. The van der Waals surface area contributed by atoms with Crippen molar-refractivity contribution in [2.24, 2.45) is 0 Å². The van der Waals surface area contributed by atoms with E-state index < -0.39 is 11.5 Å². The third kappa shape index (κ3) is 4.22. The van der Waals surface area contributed by atoms with Gasteiger partial charge in [-0.15, -0.1) is 11.3 Å². The second-order valence-electron chi connectivity index (χ2n) is 8.20. The first kappa shape index (κ1) is 24.9. The van der Waals surface area contributed by atoms with E-state index in [4.69, 9.17) is 16.3 Å². The van der Waals surface area contributed by atoms with Crippen LogP contribution in [0.5, 0.6) is 5.75 Å². The highest BCUT2D eigenvalue weighted by Crippen LogP contribution is 2.39. The van der Waals surface area contributed by atoms with Crippen molar-refractivity contribution in [2.45, 2.75) is 13.5 Å². The number of aromatic nitrogens is 3. The Morgan fingerprint density at radius 3 is 2.63 bits per heavy atom. The van der Waals surface area contributed by atoms with Crippen LogP contribution in [0, 0.1) is 29.6 Å². The molecular formula is C27H16ClN5O4S. The molecule has 9 nitrogen and oxygen atoms in total. The molecule has 0 spiro atoms. The summed E-state index contributed by atoms with van der Waals surface area (Å²) in [5.41, 5.74) is 1.98. The predicted octanol–water partition coefficient (Wildman–Crippen LogP) is 5.16. The number of rotatable bonds is 6. The van der Waals surface area contributed by atoms with E-state index in [0.717, 1.165) is 0 Å². The number of hydrogen-bond donors (Lipinski definition) is 1. The molecule has 1 N–H and O–H groups in total. The van der Waals surface area contributed by atoms with E-state index in [-0.39, 0.29) is 40.7 Å². The molecule has 0 atom stereocenters. The maximum absolute atomic E-state index is 13.3. The number of carboxylic acid groups (broad SMARTS) is 1. The zero-order valence-corrected chi connectivity index (χ0v) is 21.3. The van der Waals surface area contributed by atoms with Crippen LogP contribution in [0.3, 0.4) is 0 Å². The number of nitrogens with zero attached hydrogens (tertiary/aromatic N) is 5. The highest BCUT2D eigenvalue weighted by molar-refractivity contribution is 7.18. The van der Waals surface area contributed by atoms with Crippen molar-refractivity contribution in [3.05, 3.63) is 85.9 Å². The summed E-state index contributed by atoms with van der Waals surface area (Å²) in [7, 11) is 0. The van der Waals surface area contributed by atoms with Crippen LogP contribution in [0.15, 0.2) is 52.8 Å². The molecule has 186 valence electrons. The molecule has 0 bridgehead atoms. The Labute approximate surface area is 224 Å². The molecule has 0 radical (unpaired) electrons. The molecule has 3 aromatic heterocycles. The minimum atomic E-state index is -1.06. The molecular weight excluding hydrogens is 526 g/mol. The van der Waals surface area contributed by atoms with E-state index in [1.807, 2.05) is 12.1 Å². The Hall–Kier alpha value is -4.77. The molecule has 0 aliphatic heterocycles. The second kappa shape index (κ2) is 9.94. The smallest absolute Gasteiger partial charge is 0.338 e. The lowest BCUT2D eigenvalue weighted by atomic mass is 10.0. The molecule has 0 saturated heterocycles. The number of pyridine rings is 1. The third-order valence-electron chi connectivity index (χ3n) is 6.03. The second-order valence-corrected chi connectivity index (χ2v) is 9.52. The average molecular weight is 542 g/mol. The molecule has 0 amide bonds. The zero-order chi connectivity index (χ0) is 27.0. The molecule has 0 unspecified atom stereocenters. The molecule has 11 heteroatoms. The number of carboxylic acids is 1. The molecule has 5 aromatic rings. The van der Waals surface area contributed by atoms with Gasteiger partial charge in [-0.25, -0.2) is 9.78 Å². The van der Waals surface area contributed by atoms with Crippen molar-refractivity contribution in [1.82, 2.24) is 14.5 Å². The van der Waals surface area contributed by atoms with Crippen molar-refractivity contribution in [1.29, 1.82) is 10.5 Å². The maximum Gasteiger partial charge on any atom is 0.338 e. The van der Waals surface area contributed by atoms with Gasteiger partial charge in [-0.05, 0) is 43.3 Å². The molecule has 38 heavy (non-hydrogen) atoms. The van der Waals surface area contributed by atoms with Crippen LogP contribution in [0.2, 0.25) is 5.02 Å². The summed E-state index contributed by atoms with van der Waals surface area (Å²) in [6.45, 7) is 1.87. The van der Waals surface area contributed by atoms with E-state index in [1.165, 1.54) is 34.2 Å². The van der Waals surface area contributed by atoms with Gasteiger partial charge in [0.25, 0.3) is 5.56 Å². The van der Waals surface area contributed by atoms with Crippen LogP contribution in [0.1, 0.15) is 27.3 Å². The standard InChI is InChI=1S/C27H16ClN5O4S/c1-14-32-23-16(12-30)3-2-15(11-29)22(23)26(34)33(14)8-9-37-21-5-4-17(28)10-19(21)18-6-7-31-24-20(27(35)36)13-38-25(18)24/h2-7,10,13H,8-9H2,1H3,(H,35,36). The Morgan fingerprint density at radius 1 is 1.13 bits per heavy atom. The van der Waals surface area contributed by atoms with Crippen LogP contribution < -0.4 is 10.3 Å². The van der Waals surface area contributed by atoms with Crippen molar-refractivity contribution in [3.63, 3.8) is 0 Å². The summed E-state index contributed by atoms with van der Waals surface area (Å²) in [4.78, 5) is 33.6. The van der Waals surface area contributed by atoms with Crippen molar-refractivity contribution in [2.75, 3.05) is 6.61 Å². The fourth-order valence-corrected chi connectivity index (χ4v) is 5.46. The van der Waals surface area contributed by atoms with E-state index >= 15 is 0 Å². The lowest BCUT2D eigenvalue weighted by Gasteiger charge is -2.15. The number of aromatic carboxylic acids is 1. The molecule has 5 rings (SSSR count). The molecule has 0 fully saturated rings. The normalized spacial score (nSPS) is 10.8. The fraction of sp³-hybridized carbons (Fsp3) is 0.111. The quantitative estimate of drug-likeness (QED) is 0.311. The molecule has 0 saturated carbocycles. The number of aryl methyl sites for hydroxylation is 1. The van der Waals surface area contributed by atoms with Gasteiger partial charge in [0.2, 0.25) is 0 Å². The molecule has 2 aromatic carbocycles. The van der Waals surface area contributed by atoms with Crippen molar-refractivity contribution >= 4 is 50.0 Å². The maximum atomic E-state index is 13.3. The minimum absolute atomic E-state index is 0.0848. The Bertz CT molecular complexity index is 1920. The van der Waals surface area contributed by atoms with Gasteiger partial charge in [-0.3, -0.25) is 14.3 Å². The highest BCUT2D eigenvalue weighted by Gasteiger charge is 2.19. The predicted molar refractivity (Wildman–Crippen MR) is 143 cm³/mol. The Morgan fingerprint density at radius 2 is 1.89 bits per heavy atom. The number of thiophene rings is 1. The number of fused-ring (bicyclic) bond motifs is 2. The van der Waals surface area contributed by atoms with Gasteiger partial charge in [-0.2, -0.15) is 10.5 Å². The molecule has 0 aliphatic rings. The van der Waals surface area contributed by atoms with Crippen LogP contribution in [-0.2, 0) is 6.54 Å². The number of benzene rings is 2. The number of halogens is 1. The monoisotopic (exact) mass is 541 g/mol. The van der Waals surface area contributed by atoms with E-state index in [1.54, 1.807) is 36.6 Å². The van der Waals surface area contributed by atoms with E-state index in [0.29, 0.717) is 37.9 Å². The van der Waals surface area contributed by atoms with Crippen LogP contribution in [0.4, 0.5) is 0 Å². The van der Waals surface area contributed by atoms with Gasteiger partial charge >= 0.3 is 5.97 Å². The third-order valence-corrected chi connectivity index (χ3v) is 7.27. The van der Waals surface area contributed by atoms with Crippen LogP contribution in [-0.4, -0.2) is 32.2 Å². The lowest BCUT2D eigenvalue weighted by molar-refractivity contribution is 0.0699. The first-order valence-corrected chi connectivity index (χ1v) is 12.5. The Balaban J connectivity index is 1.51. The van der Waals surface area contributed by atoms with Gasteiger partial charge in [0.1, 0.15) is 30.3 Å². The van der Waals surface area contributed by atoms with E-state index in [9.17, 15) is 25.2 Å². The van der Waals surface area contributed by atoms with Gasteiger partial charge < -0.3 is 9.84 Å². The van der Waals surface area contributed by atoms with Gasteiger partial charge in [0.15, 0.2) is 0 Å². The first-order valence-electron chi connectivity index (χ1n) is 11.2. The highest BCUT2D eigenvalue weighted by atomic mass is 35.5. The SMILES string of the molecule is Cc1nc2c(C#N)ccc(C#N)c2c(=O)n1CCOc1ccc(Cl)cc1-c1ccnc2c(C(=O)O)csc12. The molecule has 0 aliphatic carbocycles. The summed E-state index contributed by atoms with van der Waals surface area (Å²) in [6, 6.07) is 13.8. The number of carbonyl (C=O) groups is 1. The van der Waals surface area contributed by atoms with Crippen molar-refractivity contribution in [3.8, 4) is 29.0 Å². The van der Waals surface area contributed by atoms with Gasteiger partial charge in [0, 0.05) is 27.7 Å². The Kier molecular flexibility index (Phi) is 6.52. The number of ether oxygens (including phenoxy) is 1. The fourth-order valence-electron chi connectivity index (χ4n) is 4.26. The van der Waals surface area contributed by atoms with Crippen LogP contribution >= 0.6 is 22.9 Å². The first-order chi connectivity index (χ1) is 18.3. The lowest BCUT2D eigenvalue weighted by Crippen LogP contribution is -2.27. The summed E-state index contributed by atoms with van der Waals surface area (Å²) in [6.07, 6.45) is 1.54. The average Bonchev–Trinajstić information content (AvgIpc) is 3.35. The van der Waals surface area contributed by atoms with E-state index in [2.05, 4.69) is 9.97 Å². The largest absolute Gasteiger partial charge is 0.491 e. The zero-order valence-electron chi connectivity index (χ0n) is 19.7. The molecule has 3 heterocycles. The topological polar surface area (TPSA) is 142 Å². The van der Waals surface area contributed by atoms with Gasteiger partial charge in [0.05, 0.1) is 44.4 Å². The summed E-state index contributed by atoms with van der Waals surface area (Å²) >= 11 is 7.55.